The Morgan fingerprint density at radius 2 is 1.83 bits per heavy atom. The molecule has 0 spiro atoms. The van der Waals surface area contributed by atoms with Gasteiger partial charge in [0.15, 0.2) is 6.19 Å². The van der Waals surface area contributed by atoms with Crippen LogP contribution in [0.1, 0.15) is 45.1 Å². The largest absolute Gasteiger partial charge is 0.358 e. The normalized spacial score (nSPS) is 27.1. The molecule has 1 aromatic carbocycles. The number of rotatable bonds is 2. The van der Waals surface area contributed by atoms with Crippen LogP contribution in [0.25, 0.3) is 0 Å². The molecule has 2 saturated heterocycles. The van der Waals surface area contributed by atoms with Gasteiger partial charge in [-0.05, 0) is 44.4 Å². The lowest BCUT2D eigenvalue weighted by Gasteiger charge is -2.38. The van der Waals surface area contributed by atoms with Gasteiger partial charge in [-0.1, -0.05) is 32.0 Å². The maximum atomic E-state index is 13.2. The molecule has 2 unspecified atom stereocenters. The van der Waals surface area contributed by atoms with Gasteiger partial charge < -0.3 is 10.2 Å². The molecule has 2 atom stereocenters. The molecular weight excluding hydrogens is 368 g/mol. The molecule has 2 N–H and O–H groups in total. The number of nitrogens with one attached hydrogen (secondary N) is 2. The maximum absolute atomic E-state index is 13.2. The second-order valence-electron chi connectivity index (χ2n) is 8.98. The number of hydrogen-bond acceptors (Lipinski definition) is 5. The lowest BCUT2D eigenvalue weighted by Crippen LogP contribution is -2.60. The lowest BCUT2D eigenvalue weighted by atomic mass is 9.87. The van der Waals surface area contributed by atoms with Crippen LogP contribution < -0.4 is 15.6 Å². The van der Waals surface area contributed by atoms with Crippen molar-refractivity contribution in [3.8, 4) is 6.19 Å². The van der Waals surface area contributed by atoms with E-state index in [0.29, 0.717) is 18.6 Å². The van der Waals surface area contributed by atoms with Crippen molar-refractivity contribution < 1.29 is 9.59 Å². The van der Waals surface area contributed by atoms with Crippen LogP contribution in [0.5, 0.6) is 0 Å². The van der Waals surface area contributed by atoms with Gasteiger partial charge in [-0.15, -0.1) is 5.01 Å². The summed E-state index contributed by atoms with van der Waals surface area (Å²) in [4.78, 5) is 28.4. The minimum absolute atomic E-state index is 0.0273. The molecule has 8 heteroatoms. The Labute approximate surface area is 171 Å². The fourth-order valence-electron chi connectivity index (χ4n) is 5.17. The summed E-state index contributed by atoms with van der Waals surface area (Å²) in [6.07, 6.45) is 5.72. The zero-order chi connectivity index (χ0) is 20.8. The zero-order valence-electron chi connectivity index (χ0n) is 17.2. The van der Waals surface area contributed by atoms with Gasteiger partial charge in [-0.25, -0.2) is 14.9 Å². The topological polar surface area (TPSA) is 91.7 Å². The summed E-state index contributed by atoms with van der Waals surface area (Å²) in [5.41, 5.74) is 1.65. The van der Waals surface area contributed by atoms with Crippen molar-refractivity contribution in [1.82, 2.24) is 20.5 Å². The molecular formula is C21H28N6O2. The van der Waals surface area contributed by atoms with Crippen molar-refractivity contribution >= 4 is 17.7 Å². The Morgan fingerprint density at radius 3 is 2.48 bits per heavy atom. The molecule has 4 amide bonds. The SMILES string of the molecule is CN1C2CCC1CC(NC(=O)N(C(=O)NC#N)N1CC(C)(C)c3ccccc31)C2. The van der Waals surface area contributed by atoms with Crippen LogP contribution in [0.3, 0.4) is 0 Å². The first kappa shape index (κ1) is 19.5. The van der Waals surface area contributed by atoms with Gasteiger partial charge in [0.2, 0.25) is 0 Å². The van der Waals surface area contributed by atoms with Crippen molar-refractivity contribution in [3.05, 3.63) is 29.8 Å². The summed E-state index contributed by atoms with van der Waals surface area (Å²) in [6.45, 7) is 4.63. The van der Waals surface area contributed by atoms with E-state index in [-0.39, 0.29) is 11.5 Å². The number of carbonyl (C=O) groups excluding carboxylic acids is 2. The van der Waals surface area contributed by atoms with Gasteiger partial charge in [0.1, 0.15) is 0 Å². The minimum Gasteiger partial charge on any atom is -0.333 e. The molecule has 2 fully saturated rings. The molecule has 0 saturated carbocycles. The molecule has 0 aliphatic carbocycles. The molecule has 154 valence electrons. The molecule has 3 aliphatic heterocycles. The van der Waals surface area contributed by atoms with E-state index in [0.717, 1.165) is 41.9 Å². The predicted octanol–water partition coefficient (Wildman–Crippen LogP) is 2.53. The Balaban J connectivity index is 1.58. The third-order valence-electron chi connectivity index (χ3n) is 6.67. The van der Waals surface area contributed by atoms with E-state index in [1.54, 1.807) is 11.2 Å². The van der Waals surface area contributed by atoms with Gasteiger partial charge in [0, 0.05) is 30.1 Å². The molecule has 4 rings (SSSR count). The maximum Gasteiger partial charge on any atom is 0.358 e. The summed E-state index contributed by atoms with van der Waals surface area (Å²) in [5, 5.41) is 16.9. The summed E-state index contributed by atoms with van der Waals surface area (Å²) in [6, 6.07) is 7.52. The number of amides is 4. The number of nitriles is 1. The number of anilines is 1. The molecule has 3 heterocycles. The second-order valence-corrected chi connectivity index (χ2v) is 8.98. The van der Waals surface area contributed by atoms with E-state index in [9.17, 15) is 9.59 Å². The summed E-state index contributed by atoms with van der Waals surface area (Å²) >= 11 is 0. The summed E-state index contributed by atoms with van der Waals surface area (Å²) in [7, 11) is 2.15. The van der Waals surface area contributed by atoms with Gasteiger partial charge in [0.05, 0.1) is 5.69 Å². The van der Waals surface area contributed by atoms with Crippen molar-refractivity contribution in [2.45, 2.75) is 63.1 Å². The zero-order valence-corrected chi connectivity index (χ0v) is 17.2. The number of piperidine rings is 1. The lowest BCUT2D eigenvalue weighted by molar-refractivity contribution is 0.141. The van der Waals surface area contributed by atoms with Crippen LogP contribution in [0.2, 0.25) is 0 Å². The number of hydrogen-bond donors (Lipinski definition) is 2. The van der Waals surface area contributed by atoms with Crippen LogP contribution in [0.4, 0.5) is 15.3 Å². The van der Waals surface area contributed by atoms with Gasteiger partial charge >= 0.3 is 12.1 Å². The van der Waals surface area contributed by atoms with Gasteiger partial charge in [0.25, 0.3) is 0 Å². The summed E-state index contributed by atoms with van der Waals surface area (Å²) in [5.74, 6) is 0. The average molecular weight is 396 g/mol. The number of nitrogens with zero attached hydrogens (tertiary/aromatic N) is 4. The van der Waals surface area contributed by atoms with E-state index >= 15 is 0 Å². The van der Waals surface area contributed by atoms with E-state index in [4.69, 9.17) is 5.26 Å². The Morgan fingerprint density at radius 1 is 1.17 bits per heavy atom. The first-order valence-corrected chi connectivity index (χ1v) is 10.2. The first-order chi connectivity index (χ1) is 13.8. The molecule has 8 nitrogen and oxygen atoms in total. The Kier molecular flexibility index (Phi) is 4.87. The third-order valence-corrected chi connectivity index (χ3v) is 6.67. The fourth-order valence-corrected chi connectivity index (χ4v) is 5.17. The van der Waals surface area contributed by atoms with E-state index in [1.807, 2.05) is 24.3 Å². The van der Waals surface area contributed by atoms with Crippen LogP contribution in [0.15, 0.2) is 24.3 Å². The molecule has 0 radical (unpaired) electrons. The standard InChI is InChI=1S/C21H28N6O2/c1-21(2)12-26(18-7-5-4-6-17(18)21)27(19(28)23-13-22)20(29)24-14-10-15-8-9-16(11-14)25(15)3/h4-7,14-16H,8-12H2,1-3H3,(H,23,28)(H,24,29). The molecule has 3 aliphatic rings. The van der Waals surface area contributed by atoms with Crippen LogP contribution in [-0.4, -0.2) is 53.7 Å². The molecule has 2 bridgehead atoms. The fraction of sp³-hybridized carbons (Fsp3) is 0.571. The predicted molar refractivity (Wildman–Crippen MR) is 109 cm³/mol. The number of benzene rings is 1. The van der Waals surface area contributed by atoms with Crippen LogP contribution in [0, 0.1) is 11.5 Å². The van der Waals surface area contributed by atoms with E-state index in [1.165, 1.54) is 0 Å². The number of imide groups is 1. The second kappa shape index (κ2) is 7.23. The molecule has 29 heavy (non-hydrogen) atoms. The summed E-state index contributed by atoms with van der Waals surface area (Å²) < 4.78 is 0. The van der Waals surface area contributed by atoms with Crippen LogP contribution in [-0.2, 0) is 5.41 Å². The highest BCUT2D eigenvalue weighted by molar-refractivity contribution is 5.96. The Bertz CT molecular complexity index is 849. The number of urea groups is 2. The number of carbonyl (C=O) groups is 2. The highest BCUT2D eigenvalue weighted by Crippen LogP contribution is 2.41. The van der Waals surface area contributed by atoms with Crippen molar-refractivity contribution in [2.24, 2.45) is 0 Å². The number of fused-ring (bicyclic) bond motifs is 3. The van der Waals surface area contributed by atoms with Crippen molar-refractivity contribution in [3.63, 3.8) is 0 Å². The smallest absolute Gasteiger partial charge is 0.333 e. The van der Waals surface area contributed by atoms with Crippen molar-refractivity contribution in [1.29, 1.82) is 5.26 Å². The third kappa shape index (κ3) is 3.40. The van der Waals surface area contributed by atoms with Crippen LogP contribution >= 0.6 is 0 Å². The quantitative estimate of drug-likeness (QED) is 0.592. The van der Waals surface area contributed by atoms with Crippen molar-refractivity contribution in [2.75, 3.05) is 18.6 Å². The first-order valence-electron chi connectivity index (χ1n) is 10.2. The minimum atomic E-state index is -0.742. The molecule has 1 aromatic rings. The monoisotopic (exact) mass is 396 g/mol. The van der Waals surface area contributed by atoms with E-state index < -0.39 is 12.1 Å². The molecule has 0 aromatic heterocycles. The average Bonchev–Trinajstić information content (AvgIpc) is 3.04. The highest BCUT2D eigenvalue weighted by Gasteiger charge is 2.43. The van der Waals surface area contributed by atoms with Gasteiger partial charge in [-0.2, -0.15) is 5.26 Å². The highest BCUT2D eigenvalue weighted by atomic mass is 16.2. The Hall–Kier alpha value is -2.79. The van der Waals surface area contributed by atoms with E-state index in [2.05, 4.69) is 36.4 Å². The van der Waals surface area contributed by atoms with Gasteiger partial charge in [-0.3, -0.25) is 5.01 Å². The number of hydrazine groups is 1. The number of para-hydroxylation sites is 1.